The summed E-state index contributed by atoms with van der Waals surface area (Å²) in [7, 11) is 1.71. The number of nitrogens with zero attached hydrogens (tertiary/aromatic N) is 4. The van der Waals surface area contributed by atoms with Crippen molar-refractivity contribution in [3.8, 4) is 5.69 Å². The summed E-state index contributed by atoms with van der Waals surface area (Å²) >= 11 is 7.79. The van der Waals surface area contributed by atoms with Gasteiger partial charge >= 0.3 is 0 Å². The molecule has 6 nitrogen and oxygen atoms in total. The molecule has 1 heterocycles. The highest BCUT2D eigenvalue weighted by molar-refractivity contribution is 7.99. The number of amides is 1. The van der Waals surface area contributed by atoms with Crippen LogP contribution in [0.1, 0.15) is 31.2 Å². The largest absolute Gasteiger partial charge is 0.328 e. The molecule has 8 heteroatoms. The normalized spacial score (nSPS) is 18.7. The van der Waals surface area contributed by atoms with E-state index in [-0.39, 0.29) is 17.4 Å². The maximum absolute atomic E-state index is 13.3. The Labute approximate surface area is 190 Å². The number of Topliss-reactive ketones (excluding diaryl/α,β-unsaturated/α-hetero) is 1. The maximum atomic E-state index is 13.3. The van der Waals surface area contributed by atoms with E-state index in [2.05, 4.69) is 10.2 Å². The van der Waals surface area contributed by atoms with Crippen molar-refractivity contribution in [2.24, 2.45) is 0 Å². The van der Waals surface area contributed by atoms with Gasteiger partial charge in [-0.3, -0.25) is 14.2 Å². The number of ketones is 1. The van der Waals surface area contributed by atoms with Gasteiger partial charge in [0.05, 0.1) is 5.75 Å². The first-order chi connectivity index (χ1) is 15.0. The Bertz CT molecular complexity index is 1090. The molecule has 31 heavy (non-hydrogen) atoms. The van der Waals surface area contributed by atoms with Crippen molar-refractivity contribution in [3.05, 3.63) is 71.5 Å². The van der Waals surface area contributed by atoms with Crippen LogP contribution in [0.2, 0.25) is 5.02 Å². The lowest BCUT2D eigenvalue weighted by Gasteiger charge is -2.44. The minimum absolute atomic E-state index is 0.0418. The maximum Gasteiger partial charge on any atom is 0.233 e. The highest BCUT2D eigenvalue weighted by atomic mass is 35.5. The molecular formula is C23H23ClN4O2S. The van der Waals surface area contributed by atoms with E-state index in [4.69, 9.17) is 11.6 Å². The zero-order chi connectivity index (χ0) is 21.8. The minimum Gasteiger partial charge on any atom is -0.328 e. The topological polar surface area (TPSA) is 68.1 Å². The van der Waals surface area contributed by atoms with Crippen LogP contribution in [0.4, 0.5) is 0 Å². The molecule has 1 aliphatic carbocycles. The predicted molar refractivity (Wildman–Crippen MR) is 121 cm³/mol. The molecule has 1 unspecified atom stereocenters. The van der Waals surface area contributed by atoms with Gasteiger partial charge in [0.2, 0.25) is 5.91 Å². The van der Waals surface area contributed by atoms with E-state index in [0.29, 0.717) is 28.6 Å². The number of thioether (sulfide) groups is 1. The number of halogens is 1. The fourth-order valence-electron chi connectivity index (χ4n) is 4.15. The molecule has 1 atom stereocenters. The molecule has 1 aromatic heterocycles. The molecule has 0 bridgehead atoms. The molecule has 1 fully saturated rings. The third-order valence-electron chi connectivity index (χ3n) is 5.80. The molecule has 0 saturated heterocycles. The van der Waals surface area contributed by atoms with E-state index in [0.717, 1.165) is 18.5 Å². The van der Waals surface area contributed by atoms with Crippen molar-refractivity contribution in [2.45, 2.75) is 36.4 Å². The van der Waals surface area contributed by atoms with E-state index in [9.17, 15) is 9.59 Å². The van der Waals surface area contributed by atoms with Crippen molar-refractivity contribution in [2.75, 3.05) is 12.8 Å². The van der Waals surface area contributed by atoms with Gasteiger partial charge in [0, 0.05) is 29.7 Å². The average molecular weight is 455 g/mol. The summed E-state index contributed by atoms with van der Waals surface area (Å²) in [5, 5.41) is 9.28. The number of aromatic nitrogens is 3. The Morgan fingerprint density at radius 3 is 2.65 bits per heavy atom. The van der Waals surface area contributed by atoms with Gasteiger partial charge in [-0.15, -0.1) is 10.2 Å². The predicted octanol–water partition coefficient (Wildman–Crippen LogP) is 4.51. The summed E-state index contributed by atoms with van der Waals surface area (Å²) < 4.78 is 1.84. The third-order valence-corrected chi connectivity index (χ3v) is 7.05. The van der Waals surface area contributed by atoms with Crippen LogP contribution in [0.5, 0.6) is 0 Å². The van der Waals surface area contributed by atoms with Gasteiger partial charge in [0.15, 0.2) is 10.9 Å². The molecular weight excluding hydrogens is 432 g/mol. The highest BCUT2D eigenvalue weighted by Gasteiger charge is 2.47. The number of para-hydroxylation sites is 1. The lowest BCUT2D eigenvalue weighted by Crippen LogP contribution is -2.54. The third kappa shape index (κ3) is 4.12. The molecule has 4 rings (SSSR count). The second-order valence-corrected chi connectivity index (χ2v) is 8.88. The van der Waals surface area contributed by atoms with E-state index < -0.39 is 5.54 Å². The standard InChI is InChI=1S/C23H23ClN4O2S/c1-27(23(14-8-7-13-20(23)29)18-11-5-6-12-19(18)24)21(30)15-31-22-26-25-16-28(22)17-9-3-2-4-10-17/h2-6,9-12,16H,7-8,13-15H2,1H3. The van der Waals surface area contributed by atoms with Crippen LogP contribution in [0.15, 0.2) is 66.1 Å². The molecule has 1 aliphatic rings. The first kappa shape index (κ1) is 21.6. The van der Waals surface area contributed by atoms with Crippen LogP contribution in [0.25, 0.3) is 5.69 Å². The zero-order valence-electron chi connectivity index (χ0n) is 17.2. The van der Waals surface area contributed by atoms with Gasteiger partial charge in [-0.05, 0) is 37.5 Å². The quantitative estimate of drug-likeness (QED) is 0.512. The summed E-state index contributed by atoms with van der Waals surface area (Å²) in [4.78, 5) is 28.1. The molecule has 1 saturated carbocycles. The molecule has 1 amide bonds. The zero-order valence-corrected chi connectivity index (χ0v) is 18.8. The smallest absolute Gasteiger partial charge is 0.233 e. The summed E-state index contributed by atoms with van der Waals surface area (Å²) in [5.74, 6) is 0.0320. The van der Waals surface area contributed by atoms with Crippen LogP contribution in [0.3, 0.4) is 0 Å². The Morgan fingerprint density at radius 1 is 1.16 bits per heavy atom. The summed E-state index contributed by atoms with van der Waals surface area (Å²) in [5.41, 5.74) is 0.599. The lowest BCUT2D eigenvalue weighted by molar-refractivity contribution is -0.146. The minimum atomic E-state index is -1.03. The SMILES string of the molecule is CN(C(=O)CSc1nncn1-c1ccccc1)C1(c2ccccc2Cl)CCCCC1=O. The van der Waals surface area contributed by atoms with Crippen molar-refractivity contribution in [1.82, 2.24) is 19.7 Å². The van der Waals surface area contributed by atoms with Crippen LogP contribution < -0.4 is 0 Å². The van der Waals surface area contributed by atoms with Crippen LogP contribution >= 0.6 is 23.4 Å². The number of hydrogen-bond acceptors (Lipinski definition) is 5. The number of carbonyl (C=O) groups is 2. The summed E-state index contributed by atoms with van der Waals surface area (Å²) in [6, 6.07) is 17.0. The fourth-order valence-corrected chi connectivity index (χ4v) is 5.29. The van der Waals surface area contributed by atoms with Crippen LogP contribution in [-0.2, 0) is 15.1 Å². The van der Waals surface area contributed by atoms with Gasteiger partial charge in [0.1, 0.15) is 11.9 Å². The number of benzene rings is 2. The number of rotatable bonds is 6. The van der Waals surface area contributed by atoms with Gasteiger partial charge < -0.3 is 4.90 Å². The molecule has 0 spiro atoms. The Hall–Kier alpha value is -2.64. The fraction of sp³-hybridized carbons (Fsp3) is 0.304. The monoisotopic (exact) mass is 454 g/mol. The van der Waals surface area contributed by atoms with Crippen molar-refractivity contribution < 1.29 is 9.59 Å². The van der Waals surface area contributed by atoms with Crippen LogP contribution in [0, 0.1) is 0 Å². The Morgan fingerprint density at radius 2 is 1.90 bits per heavy atom. The molecule has 0 radical (unpaired) electrons. The number of likely N-dealkylation sites (N-methyl/N-ethyl adjacent to an activating group) is 1. The van der Waals surface area contributed by atoms with Crippen molar-refractivity contribution in [3.63, 3.8) is 0 Å². The lowest BCUT2D eigenvalue weighted by atomic mass is 9.74. The first-order valence-electron chi connectivity index (χ1n) is 10.2. The first-order valence-corrected chi connectivity index (χ1v) is 11.5. The second-order valence-electron chi connectivity index (χ2n) is 7.53. The highest BCUT2D eigenvalue weighted by Crippen LogP contribution is 2.42. The molecule has 0 aliphatic heterocycles. The summed E-state index contributed by atoms with van der Waals surface area (Å²) in [6.45, 7) is 0. The van der Waals surface area contributed by atoms with E-state index >= 15 is 0 Å². The van der Waals surface area contributed by atoms with E-state index in [1.165, 1.54) is 11.8 Å². The molecule has 2 aromatic carbocycles. The van der Waals surface area contributed by atoms with Crippen LogP contribution in [-0.4, -0.2) is 44.2 Å². The van der Waals surface area contributed by atoms with Gasteiger partial charge in [-0.1, -0.05) is 59.8 Å². The van der Waals surface area contributed by atoms with E-state index in [1.54, 1.807) is 24.3 Å². The molecule has 160 valence electrons. The summed E-state index contributed by atoms with van der Waals surface area (Å²) in [6.07, 6.45) is 4.34. The Kier molecular flexibility index (Phi) is 6.43. The Balaban J connectivity index is 1.58. The average Bonchev–Trinajstić information content (AvgIpc) is 3.27. The van der Waals surface area contributed by atoms with Gasteiger partial charge in [-0.2, -0.15) is 0 Å². The molecule has 3 aromatic rings. The second kappa shape index (κ2) is 9.24. The number of carbonyl (C=O) groups excluding carboxylic acids is 2. The van der Waals surface area contributed by atoms with Gasteiger partial charge in [0.25, 0.3) is 0 Å². The van der Waals surface area contributed by atoms with Crippen molar-refractivity contribution in [1.29, 1.82) is 0 Å². The van der Waals surface area contributed by atoms with Gasteiger partial charge in [-0.25, -0.2) is 0 Å². The number of hydrogen-bond donors (Lipinski definition) is 0. The molecule has 0 N–H and O–H groups in total. The van der Waals surface area contributed by atoms with Crippen molar-refractivity contribution >= 4 is 35.1 Å². The van der Waals surface area contributed by atoms with E-state index in [1.807, 2.05) is 53.1 Å².